The van der Waals surface area contributed by atoms with Gasteiger partial charge in [0.15, 0.2) is 0 Å². The second kappa shape index (κ2) is 16.0. The van der Waals surface area contributed by atoms with E-state index in [4.69, 9.17) is 30.2 Å². The Labute approximate surface area is 264 Å². The summed E-state index contributed by atoms with van der Waals surface area (Å²) in [5.41, 5.74) is -1.58. The molecule has 0 aliphatic carbocycles. The van der Waals surface area contributed by atoms with Crippen LogP contribution in [0.2, 0.25) is 5.02 Å². The fraction of sp³-hybridized carbons (Fsp3) is 0.310. The summed E-state index contributed by atoms with van der Waals surface area (Å²) >= 11 is 6.38. The van der Waals surface area contributed by atoms with E-state index in [1.54, 1.807) is 13.0 Å². The van der Waals surface area contributed by atoms with Crippen molar-refractivity contribution in [3.05, 3.63) is 79.1 Å². The molecule has 0 fully saturated rings. The first kappa shape index (κ1) is 35.0. The largest absolute Gasteiger partial charge is 0.484 e. The van der Waals surface area contributed by atoms with Gasteiger partial charge in [-0.1, -0.05) is 23.7 Å². The van der Waals surface area contributed by atoms with Crippen LogP contribution in [0.3, 0.4) is 0 Å². The van der Waals surface area contributed by atoms with Gasteiger partial charge in [-0.2, -0.15) is 0 Å². The molecule has 1 amide bonds. The first-order valence-electron chi connectivity index (χ1n) is 13.3. The minimum absolute atomic E-state index is 0.0253. The smallest absolute Gasteiger partial charge is 0.349 e. The van der Waals surface area contributed by atoms with E-state index in [9.17, 15) is 38.9 Å². The van der Waals surface area contributed by atoms with Gasteiger partial charge in [-0.15, -0.1) is 0 Å². The summed E-state index contributed by atoms with van der Waals surface area (Å²) in [6, 6.07) is 8.20. The van der Waals surface area contributed by atoms with Crippen molar-refractivity contribution in [3.8, 4) is 5.75 Å². The molecule has 2 atom stereocenters. The van der Waals surface area contributed by atoms with Crippen LogP contribution in [0, 0.1) is 10.1 Å². The number of carbonyl (C=O) groups excluding carboxylic acids is 5. The summed E-state index contributed by atoms with van der Waals surface area (Å²) in [6.07, 6.45) is -1.67. The van der Waals surface area contributed by atoms with Crippen molar-refractivity contribution in [2.24, 2.45) is 0 Å². The molecule has 3 aromatic rings. The molecule has 0 aliphatic heterocycles. The molecule has 1 heterocycles. The Hall–Kier alpha value is -5.51. The second-order valence-corrected chi connectivity index (χ2v) is 9.80. The topological polar surface area (TPSA) is 217 Å². The van der Waals surface area contributed by atoms with Gasteiger partial charge >= 0.3 is 29.5 Å². The average Bonchev–Trinajstić information content (AvgIpc) is 2.98. The molecule has 16 nitrogen and oxygen atoms in total. The molecule has 1 unspecified atom stereocenters. The monoisotopic (exact) mass is 662 g/mol. The number of hydrogen-bond acceptors (Lipinski definition) is 14. The maximum absolute atomic E-state index is 13.1. The third-order valence-corrected chi connectivity index (χ3v) is 6.37. The number of nitro groups is 1. The van der Waals surface area contributed by atoms with Crippen molar-refractivity contribution in [3.63, 3.8) is 0 Å². The predicted octanol–water partition coefficient (Wildman–Crippen LogP) is 3.50. The molecule has 244 valence electrons. The fourth-order valence-electron chi connectivity index (χ4n) is 3.89. The summed E-state index contributed by atoms with van der Waals surface area (Å²) in [4.78, 5) is 83.2. The lowest BCUT2D eigenvalue weighted by molar-refractivity contribution is -0.386. The highest BCUT2D eigenvalue weighted by Gasteiger charge is 2.27. The molecular formula is C29H27ClN2O14. The zero-order valence-electron chi connectivity index (χ0n) is 24.6. The van der Waals surface area contributed by atoms with Crippen LogP contribution >= 0.6 is 11.6 Å². The molecule has 0 saturated heterocycles. The average molecular weight is 663 g/mol. The molecule has 46 heavy (non-hydrogen) atoms. The lowest BCUT2D eigenvalue weighted by atomic mass is 10.1. The molecule has 2 aromatic carbocycles. The van der Waals surface area contributed by atoms with E-state index in [0.29, 0.717) is 0 Å². The quantitative estimate of drug-likeness (QED) is 0.0859. The lowest BCUT2D eigenvalue weighted by Crippen LogP contribution is -2.43. The molecule has 1 aromatic heterocycles. The zero-order chi connectivity index (χ0) is 34.0. The van der Waals surface area contributed by atoms with Crippen LogP contribution in [0.25, 0.3) is 11.0 Å². The number of hydrogen-bond donors (Lipinski definition) is 1. The summed E-state index contributed by atoms with van der Waals surface area (Å²) < 4.78 is 29.7. The van der Waals surface area contributed by atoms with Crippen LogP contribution in [0.4, 0.5) is 5.69 Å². The SMILES string of the molecule is CC(=O)OCOC(=O)CC[C@@H](NC(=O)c1cc2cc(Cl)c(OC(C)c3ccccc3[N+](=O)[O-])cc2oc1=O)C(=O)OCOC(C)=O. The second-order valence-electron chi connectivity index (χ2n) is 9.40. The Morgan fingerprint density at radius 2 is 1.63 bits per heavy atom. The van der Waals surface area contributed by atoms with Gasteiger partial charge < -0.3 is 33.4 Å². The highest BCUT2D eigenvalue weighted by Crippen LogP contribution is 2.35. The van der Waals surface area contributed by atoms with Crippen molar-refractivity contribution in [2.75, 3.05) is 13.6 Å². The molecule has 0 radical (unpaired) electrons. The number of ether oxygens (including phenoxy) is 5. The standard InChI is InChI=1S/C29H27ClN2O14/c1-15(19-6-4-5-7-23(19)32(39)40)45-25-12-24-18(11-21(25)30)10-20(28(37)46-24)27(36)31-22(29(38)44-14-42-17(3)34)8-9-26(35)43-13-41-16(2)33/h4-7,10-12,15,22H,8-9,13-14H2,1-3H3,(H,31,36)/t15?,22-/m1/s1. The van der Waals surface area contributed by atoms with Crippen LogP contribution in [0.15, 0.2) is 51.7 Å². The number of amides is 1. The Kier molecular flexibility index (Phi) is 12.2. The van der Waals surface area contributed by atoms with Crippen LogP contribution in [-0.4, -0.2) is 54.3 Å². The van der Waals surface area contributed by atoms with Crippen molar-refractivity contribution < 1.29 is 57.0 Å². The van der Waals surface area contributed by atoms with Crippen LogP contribution in [0.1, 0.15) is 55.6 Å². The number of para-hydroxylation sites is 1. The number of fused-ring (bicyclic) bond motifs is 1. The van der Waals surface area contributed by atoms with Gasteiger partial charge in [0.1, 0.15) is 29.0 Å². The van der Waals surface area contributed by atoms with E-state index in [1.807, 2.05) is 0 Å². The number of benzene rings is 2. The van der Waals surface area contributed by atoms with Crippen LogP contribution in [-0.2, 0) is 38.1 Å². The third kappa shape index (κ3) is 9.75. The number of nitrogens with zero attached hydrogens (tertiary/aromatic N) is 1. The van der Waals surface area contributed by atoms with Crippen LogP contribution < -0.4 is 15.7 Å². The summed E-state index contributed by atoms with van der Waals surface area (Å²) in [5, 5.41) is 13.9. The molecule has 0 aliphatic rings. The number of esters is 4. The van der Waals surface area contributed by atoms with Gasteiger partial charge in [-0.05, 0) is 31.5 Å². The van der Waals surface area contributed by atoms with E-state index >= 15 is 0 Å². The van der Waals surface area contributed by atoms with Gasteiger partial charge in [0.25, 0.3) is 11.6 Å². The Balaban J connectivity index is 1.80. The molecule has 0 bridgehead atoms. The van der Waals surface area contributed by atoms with Crippen LogP contribution in [0.5, 0.6) is 5.75 Å². The first-order chi connectivity index (χ1) is 21.8. The van der Waals surface area contributed by atoms with Gasteiger partial charge in [0, 0.05) is 37.8 Å². The van der Waals surface area contributed by atoms with E-state index in [1.165, 1.54) is 30.3 Å². The molecule has 3 rings (SSSR count). The lowest BCUT2D eigenvalue weighted by Gasteiger charge is -2.18. The normalized spacial score (nSPS) is 11.9. The maximum atomic E-state index is 13.1. The molecule has 0 saturated carbocycles. The number of nitrogens with one attached hydrogen (secondary N) is 1. The van der Waals surface area contributed by atoms with Gasteiger partial charge in [0.05, 0.1) is 15.5 Å². The van der Waals surface area contributed by atoms with Crippen molar-refractivity contribution in [1.82, 2.24) is 5.32 Å². The number of carbonyl (C=O) groups is 5. The molecule has 0 spiro atoms. The minimum Gasteiger partial charge on any atom is -0.484 e. The highest BCUT2D eigenvalue weighted by atomic mass is 35.5. The van der Waals surface area contributed by atoms with Crippen molar-refractivity contribution in [2.45, 2.75) is 45.8 Å². The Morgan fingerprint density at radius 3 is 2.28 bits per heavy atom. The Bertz CT molecular complexity index is 1720. The summed E-state index contributed by atoms with van der Waals surface area (Å²) in [6.45, 7) is 2.29. The number of nitro benzene ring substituents is 1. The van der Waals surface area contributed by atoms with Gasteiger partial charge in [-0.25, -0.2) is 9.59 Å². The molecular weight excluding hydrogens is 636 g/mol. The first-order valence-corrected chi connectivity index (χ1v) is 13.7. The Morgan fingerprint density at radius 1 is 0.978 bits per heavy atom. The van der Waals surface area contributed by atoms with Crippen molar-refractivity contribution in [1.29, 1.82) is 0 Å². The van der Waals surface area contributed by atoms with Crippen molar-refractivity contribution >= 4 is 58.0 Å². The van der Waals surface area contributed by atoms with Gasteiger partial charge in [0.2, 0.25) is 13.6 Å². The van der Waals surface area contributed by atoms with Gasteiger partial charge in [-0.3, -0.25) is 29.3 Å². The molecule has 1 N–H and O–H groups in total. The summed E-state index contributed by atoms with van der Waals surface area (Å²) in [5.74, 6) is -4.48. The number of rotatable bonds is 14. The van der Waals surface area contributed by atoms with E-state index < -0.39 is 78.0 Å². The number of halogens is 1. The minimum atomic E-state index is -1.53. The molecule has 17 heteroatoms. The van der Waals surface area contributed by atoms with E-state index in [2.05, 4.69) is 14.8 Å². The fourth-order valence-corrected chi connectivity index (χ4v) is 4.11. The highest BCUT2D eigenvalue weighted by molar-refractivity contribution is 6.32. The third-order valence-electron chi connectivity index (χ3n) is 6.08. The zero-order valence-corrected chi connectivity index (χ0v) is 25.3. The predicted molar refractivity (Wildman–Crippen MR) is 156 cm³/mol. The maximum Gasteiger partial charge on any atom is 0.349 e. The summed E-state index contributed by atoms with van der Waals surface area (Å²) in [7, 11) is 0. The van der Waals surface area contributed by atoms with E-state index in [-0.39, 0.29) is 39.4 Å². The van der Waals surface area contributed by atoms with E-state index in [0.717, 1.165) is 19.9 Å².